The Morgan fingerprint density at radius 2 is 1.89 bits per heavy atom. The zero-order chi connectivity index (χ0) is 13.8. The van der Waals surface area contributed by atoms with Gasteiger partial charge in [0, 0.05) is 30.7 Å². The minimum Gasteiger partial charge on any atom is -0.360 e. The summed E-state index contributed by atoms with van der Waals surface area (Å²) in [6.07, 6.45) is 2.78. The van der Waals surface area contributed by atoms with Gasteiger partial charge in [0.15, 0.2) is 0 Å². The monoisotopic (exact) mass is 259 g/mol. The van der Waals surface area contributed by atoms with Gasteiger partial charge in [0.1, 0.15) is 0 Å². The third-order valence-corrected chi connectivity index (χ3v) is 3.27. The highest BCUT2D eigenvalue weighted by Gasteiger charge is 2.15. The summed E-state index contributed by atoms with van der Waals surface area (Å²) in [6, 6.07) is 7.89. The molecule has 1 N–H and O–H groups in total. The molecule has 0 aliphatic carbocycles. The fraction of sp³-hybridized carbons (Fsp3) is 0.400. The second-order valence-electron chi connectivity index (χ2n) is 5.13. The minimum atomic E-state index is 0.0798. The van der Waals surface area contributed by atoms with Crippen molar-refractivity contribution in [3.05, 3.63) is 36.0 Å². The van der Waals surface area contributed by atoms with Crippen molar-refractivity contribution in [2.24, 2.45) is 0 Å². The average molecular weight is 259 g/mol. The number of carbonyl (C=O) groups is 1. The van der Waals surface area contributed by atoms with E-state index in [1.807, 2.05) is 45.4 Å². The number of nitrogens with one attached hydrogen (secondary N) is 1. The van der Waals surface area contributed by atoms with E-state index in [1.165, 1.54) is 0 Å². The van der Waals surface area contributed by atoms with Gasteiger partial charge in [-0.05, 0) is 33.1 Å². The van der Waals surface area contributed by atoms with E-state index in [0.29, 0.717) is 0 Å². The van der Waals surface area contributed by atoms with E-state index in [9.17, 15) is 4.79 Å². The Hall–Kier alpha value is -1.81. The zero-order valence-corrected chi connectivity index (χ0v) is 11.8. The summed E-state index contributed by atoms with van der Waals surface area (Å²) in [5.41, 5.74) is 1.76. The lowest BCUT2D eigenvalue weighted by Gasteiger charge is -2.18. The number of H-pyrrole nitrogens is 1. The van der Waals surface area contributed by atoms with Gasteiger partial charge in [-0.1, -0.05) is 18.2 Å². The number of aromatic amines is 1. The summed E-state index contributed by atoms with van der Waals surface area (Å²) in [7, 11) is 5.95. The summed E-state index contributed by atoms with van der Waals surface area (Å²) < 4.78 is 0. The lowest BCUT2D eigenvalue weighted by molar-refractivity contribution is 0.0792. The van der Waals surface area contributed by atoms with Crippen LogP contribution in [0.4, 0.5) is 0 Å². The van der Waals surface area contributed by atoms with Crippen LogP contribution in [-0.4, -0.2) is 54.9 Å². The zero-order valence-electron chi connectivity index (χ0n) is 11.8. The lowest BCUT2D eigenvalue weighted by atomic mass is 10.1. The second-order valence-corrected chi connectivity index (χ2v) is 5.13. The van der Waals surface area contributed by atoms with Gasteiger partial charge in [0.05, 0.1) is 5.56 Å². The summed E-state index contributed by atoms with van der Waals surface area (Å²) in [5.74, 6) is 0.0798. The van der Waals surface area contributed by atoms with Gasteiger partial charge in [0.25, 0.3) is 5.91 Å². The molecule has 1 aromatic carbocycles. The van der Waals surface area contributed by atoms with Crippen LogP contribution in [0.3, 0.4) is 0 Å². The van der Waals surface area contributed by atoms with E-state index in [-0.39, 0.29) is 5.91 Å². The van der Waals surface area contributed by atoms with Crippen LogP contribution >= 0.6 is 0 Å². The summed E-state index contributed by atoms with van der Waals surface area (Å²) >= 11 is 0. The molecule has 102 valence electrons. The highest BCUT2D eigenvalue weighted by molar-refractivity contribution is 6.06. The lowest BCUT2D eigenvalue weighted by Crippen LogP contribution is -2.29. The molecular formula is C15H21N3O. The molecule has 4 heteroatoms. The number of amides is 1. The number of fused-ring (bicyclic) bond motifs is 1. The first-order valence-corrected chi connectivity index (χ1v) is 6.56. The maximum Gasteiger partial charge on any atom is 0.255 e. The number of hydrogen-bond acceptors (Lipinski definition) is 2. The fourth-order valence-electron chi connectivity index (χ4n) is 2.18. The van der Waals surface area contributed by atoms with Crippen LogP contribution in [-0.2, 0) is 0 Å². The van der Waals surface area contributed by atoms with Crippen molar-refractivity contribution in [3.8, 4) is 0 Å². The van der Waals surface area contributed by atoms with E-state index in [0.717, 1.165) is 36.0 Å². The molecule has 0 saturated heterocycles. The Morgan fingerprint density at radius 1 is 1.16 bits per heavy atom. The first kappa shape index (κ1) is 13.6. The normalized spacial score (nSPS) is 11.2. The van der Waals surface area contributed by atoms with Crippen LogP contribution < -0.4 is 0 Å². The summed E-state index contributed by atoms with van der Waals surface area (Å²) in [4.78, 5) is 19.5. The van der Waals surface area contributed by atoms with Crippen molar-refractivity contribution in [3.63, 3.8) is 0 Å². The minimum absolute atomic E-state index is 0.0798. The molecule has 0 bridgehead atoms. The maximum absolute atomic E-state index is 12.4. The molecule has 1 heterocycles. The third-order valence-electron chi connectivity index (χ3n) is 3.27. The SMILES string of the molecule is CN(C)CCCN(C)C(=O)c1c[nH]c2ccccc12. The van der Waals surface area contributed by atoms with Crippen LogP contribution in [0.25, 0.3) is 10.9 Å². The quantitative estimate of drug-likeness (QED) is 0.894. The Kier molecular flexibility index (Phi) is 4.22. The van der Waals surface area contributed by atoms with E-state index < -0.39 is 0 Å². The fourth-order valence-corrected chi connectivity index (χ4v) is 2.18. The van der Waals surface area contributed by atoms with Gasteiger partial charge in [-0.25, -0.2) is 0 Å². The number of nitrogens with zero attached hydrogens (tertiary/aromatic N) is 2. The highest BCUT2D eigenvalue weighted by Crippen LogP contribution is 2.18. The molecule has 1 aromatic heterocycles. The number of benzene rings is 1. The smallest absolute Gasteiger partial charge is 0.255 e. The number of aromatic nitrogens is 1. The van der Waals surface area contributed by atoms with Gasteiger partial charge < -0.3 is 14.8 Å². The molecule has 0 fully saturated rings. The van der Waals surface area contributed by atoms with E-state index in [2.05, 4.69) is 9.88 Å². The van der Waals surface area contributed by atoms with Gasteiger partial charge in [-0.3, -0.25) is 4.79 Å². The van der Waals surface area contributed by atoms with Gasteiger partial charge >= 0.3 is 0 Å². The van der Waals surface area contributed by atoms with Crippen LogP contribution in [0.5, 0.6) is 0 Å². The van der Waals surface area contributed by atoms with Crippen molar-refractivity contribution in [1.82, 2.24) is 14.8 Å². The Bertz CT molecular complexity index is 559. The van der Waals surface area contributed by atoms with Crippen LogP contribution in [0.2, 0.25) is 0 Å². The maximum atomic E-state index is 12.4. The molecule has 2 aromatic rings. The van der Waals surface area contributed by atoms with Crippen LogP contribution in [0, 0.1) is 0 Å². The highest BCUT2D eigenvalue weighted by atomic mass is 16.2. The Morgan fingerprint density at radius 3 is 2.63 bits per heavy atom. The van der Waals surface area contributed by atoms with Crippen LogP contribution in [0.15, 0.2) is 30.5 Å². The predicted molar refractivity (Wildman–Crippen MR) is 78.4 cm³/mol. The molecule has 4 nitrogen and oxygen atoms in total. The van der Waals surface area contributed by atoms with Gasteiger partial charge in [-0.2, -0.15) is 0 Å². The van der Waals surface area contributed by atoms with Gasteiger partial charge in [0.2, 0.25) is 0 Å². The van der Waals surface area contributed by atoms with Crippen molar-refractivity contribution < 1.29 is 4.79 Å². The summed E-state index contributed by atoms with van der Waals surface area (Å²) in [5, 5.41) is 0.993. The molecule has 19 heavy (non-hydrogen) atoms. The molecule has 0 aliphatic rings. The first-order valence-electron chi connectivity index (χ1n) is 6.56. The Labute approximate surface area is 114 Å². The number of carbonyl (C=O) groups excluding carboxylic acids is 1. The second kappa shape index (κ2) is 5.89. The van der Waals surface area contributed by atoms with Crippen molar-refractivity contribution in [1.29, 1.82) is 0 Å². The van der Waals surface area contributed by atoms with Crippen molar-refractivity contribution in [2.45, 2.75) is 6.42 Å². The van der Waals surface area contributed by atoms with E-state index in [4.69, 9.17) is 0 Å². The molecule has 0 atom stereocenters. The molecule has 2 rings (SSSR count). The molecule has 0 unspecified atom stereocenters. The third kappa shape index (κ3) is 3.15. The standard InChI is InChI=1S/C15H21N3O/c1-17(2)9-6-10-18(3)15(19)13-11-16-14-8-5-4-7-12(13)14/h4-5,7-8,11,16H,6,9-10H2,1-3H3. The number of hydrogen-bond donors (Lipinski definition) is 1. The number of rotatable bonds is 5. The van der Waals surface area contributed by atoms with Crippen LogP contribution in [0.1, 0.15) is 16.8 Å². The predicted octanol–water partition coefficient (Wildman–Crippen LogP) is 2.19. The van der Waals surface area contributed by atoms with Crippen molar-refractivity contribution in [2.75, 3.05) is 34.2 Å². The molecular weight excluding hydrogens is 238 g/mol. The number of para-hydroxylation sites is 1. The molecule has 0 aliphatic heterocycles. The van der Waals surface area contributed by atoms with E-state index in [1.54, 1.807) is 11.1 Å². The van der Waals surface area contributed by atoms with Gasteiger partial charge in [-0.15, -0.1) is 0 Å². The van der Waals surface area contributed by atoms with Crippen molar-refractivity contribution >= 4 is 16.8 Å². The molecule has 0 radical (unpaired) electrons. The summed E-state index contributed by atoms with van der Waals surface area (Å²) in [6.45, 7) is 1.77. The topological polar surface area (TPSA) is 39.3 Å². The molecule has 1 amide bonds. The Balaban J connectivity index is 2.06. The largest absolute Gasteiger partial charge is 0.360 e. The first-order chi connectivity index (χ1) is 9.09. The van der Waals surface area contributed by atoms with E-state index >= 15 is 0 Å². The molecule has 0 saturated carbocycles. The average Bonchev–Trinajstić information content (AvgIpc) is 2.81. The molecule has 0 spiro atoms.